The molecular weight excluding hydrogens is 386 g/mol. The second-order valence-corrected chi connectivity index (χ2v) is 7.78. The predicted molar refractivity (Wildman–Crippen MR) is 115 cm³/mol. The van der Waals surface area contributed by atoms with Gasteiger partial charge in [-0.2, -0.15) is 9.71 Å². The van der Waals surface area contributed by atoms with Gasteiger partial charge in [-0.05, 0) is 29.1 Å². The standard InChI is InChI=1S/C23H22ClN3O2/c1-15(2)12-20-23(29-14-16-8-4-3-5-9-16)26-21(22(24)27(20)28)18-13-25-19-11-7-6-10-17(18)19/h3-11,13,15,25H,12,14H2,1-2H3. The third kappa shape index (κ3) is 3.91. The van der Waals surface area contributed by atoms with Crippen LogP contribution in [0.25, 0.3) is 22.2 Å². The fourth-order valence-electron chi connectivity index (χ4n) is 3.35. The lowest BCUT2D eigenvalue weighted by molar-refractivity contribution is -0.612. The van der Waals surface area contributed by atoms with Gasteiger partial charge in [-0.3, -0.25) is 0 Å². The summed E-state index contributed by atoms with van der Waals surface area (Å²) >= 11 is 6.48. The van der Waals surface area contributed by atoms with Crippen LogP contribution in [0, 0.1) is 11.1 Å². The Balaban J connectivity index is 1.81. The number of nitrogens with one attached hydrogen (secondary N) is 1. The van der Waals surface area contributed by atoms with Crippen molar-refractivity contribution in [2.45, 2.75) is 26.9 Å². The lowest BCUT2D eigenvalue weighted by atomic mass is 10.1. The van der Waals surface area contributed by atoms with E-state index in [1.807, 2.05) is 74.6 Å². The molecule has 0 atom stereocenters. The SMILES string of the molecule is CC(C)Cc1c(OCc2ccccc2)nc(-c2c[nH]c3ccccc23)c(Cl)[n+]1[O-]. The molecule has 2 aromatic carbocycles. The molecule has 29 heavy (non-hydrogen) atoms. The van der Waals surface area contributed by atoms with E-state index in [-0.39, 0.29) is 11.1 Å². The third-order valence-corrected chi connectivity index (χ3v) is 5.08. The number of benzene rings is 2. The van der Waals surface area contributed by atoms with Gasteiger partial charge < -0.3 is 14.9 Å². The Morgan fingerprint density at radius 2 is 1.83 bits per heavy atom. The highest BCUT2D eigenvalue weighted by Gasteiger charge is 2.27. The van der Waals surface area contributed by atoms with E-state index in [0.29, 0.717) is 30.3 Å². The molecule has 0 spiro atoms. The van der Waals surface area contributed by atoms with Crippen molar-refractivity contribution in [3.63, 3.8) is 0 Å². The highest BCUT2D eigenvalue weighted by Crippen LogP contribution is 2.33. The van der Waals surface area contributed by atoms with Gasteiger partial charge in [-0.1, -0.05) is 62.4 Å². The Labute approximate surface area is 174 Å². The molecule has 0 unspecified atom stereocenters. The molecule has 0 fully saturated rings. The number of halogens is 1. The zero-order valence-electron chi connectivity index (χ0n) is 16.4. The average molecular weight is 408 g/mol. The molecule has 0 aliphatic carbocycles. The van der Waals surface area contributed by atoms with E-state index in [1.165, 1.54) is 0 Å². The van der Waals surface area contributed by atoms with Crippen molar-refractivity contribution in [3.05, 3.63) is 82.4 Å². The molecule has 0 amide bonds. The minimum atomic E-state index is 0.0532. The van der Waals surface area contributed by atoms with E-state index in [2.05, 4.69) is 4.98 Å². The second-order valence-electron chi connectivity index (χ2n) is 7.42. The molecule has 2 heterocycles. The molecule has 4 rings (SSSR count). The molecule has 0 bridgehead atoms. The molecule has 0 saturated carbocycles. The monoisotopic (exact) mass is 407 g/mol. The van der Waals surface area contributed by atoms with Gasteiger partial charge in [0.25, 0.3) is 11.6 Å². The predicted octanol–water partition coefficient (Wildman–Crippen LogP) is 5.29. The summed E-state index contributed by atoms with van der Waals surface area (Å²) in [4.78, 5) is 7.91. The fraction of sp³-hybridized carbons (Fsp3) is 0.217. The van der Waals surface area contributed by atoms with Crippen LogP contribution in [0.5, 0.6) is 5.88 Å². The minimum absolute atomic E-state index is 0.0532. The summed E-state index contributed by atoms with van der Waals surface area (Å²) < 4.78 is 6.77. The molecule has 148 valence electrons. The number of fused-ring (bicyclic) bond motifs is 1. The van der Waals surface area contributed by atoms with E-state index in [9.17, 15) is 5.21 Å². The summed E-state index contributed by atoms with van der Waals surface area (Å²) in [6.45, 7) is 4.42. The maximum atomic E-state index is 13.0. The number of hydrogen-bond donors (Lipinski definition) is 1. The Hall–Kier alpha value is -3.05. The number of nitrogens with zero attached hydrogens (tertiary/aromatic N) is 2. The van der Waals surface area contributed by atoms with Crippen LogP contribution in [-0.4, -0.2) is 9.97 Å². The van der Waals surface area contributed by atoms with Gasteiger partial charge in [0.2, 0.25) is 0 Å². The molecule has 4 aromatic rings. The number of aromatic amines is 1. The van der Waals surface area contributed by atoms with Crippen molar-refractivity contribution in [3.8, 4) is 17.1 Å². The van der Waals surface area contributed by atoms with E-state index < -0.39 is 0 Å². The molecule has 6 heteroatoms. The number of aromatic nitrogens is 3. The molecule has 0 saturated heterocycles. The lowest BCUT2D eigenvalue weighted by Gasteiger charge is -2.15. The van der Waals surface area contributed by atoms with Gasteiger partial charge in [0.15, 0.2) is 5.69 Å². The van der Waals surface area contributed by atoms with Crippen LogP contribution in [-0.2, 0) is 13.0 Å². The summed E-state index contributed by atoms with van der Waals surface area (Å²) in [6, 6.07) is 17.6. The smallest absolute Gasteiger partial charge is 0.313 e. The maximum Gasteiger partial charge on any atom is 0.313 e. The first-order valence-electron chi connectivity index (χ1n) is 9.59. The highest BCUT2D eigenvalue weighted by molar-refractivity contribution is 6.31. The topological polar surface area (TPSA) is 64.8 Å². The van der Waals surface area contributed by atoms with E-state index in [0.717, 1.165) is 26.8 Å². The number of ether oxygens (including phenoxy) is 1. The van der Waals surface area contributed by atoms with Crippen molar-refractivity contribution in [2.75, 3.05) is 0 Å². The first kappa shape index (κ1) is 19.3. The quantitative estimate of drug-likeness (QED) is 0.348. The molecule has 0 aliphatic rings. The molecule has 0 radical (unpaired) electrons. The van der Waals surface area contributed by atoms with Crippen molar-refractivity contribution in [2.24, 2.45) is 5.92 Å². The van der Waals surface area contributed by atoms with Crippen LogP contribution in [0.15, 0.2) is 60.8 Å². The summed E-state index contributed by atoms with van der Waals surface area (Å²) in [6.07, 6.45) is 2.34. The largest absolute Gasteiger partial charge is 0.617 e. The zero-order chi connectivity index (χ0) is 20.4. The van der Waals surface area contributed by atoms with Crippen LogP contribution >= 0.6 is 11.6 Å². The summed E-state index contributed by atoms with van der Waals surface area (Å²) in [7, 11) is 0. The van der Waals surface area contributed by atoms with Crippen LogP contribution in [0.2, 0.25) is 5.15 Å². The molecule has 5 nitrogen and oxygen atoms in total. The summed E-state index contributed by atoms with van der Waals surface area (Å²) in [5.74, 6) is 0.577. The molecule has 0 aliphatic heterocycles. The summed E-state index contributed by atoms with van der Waals surface area (Å²) in [5, 5.41) is 14.0. The van der Waals surface area contributed by atoms with Crippen LogP contribution in [0.4, 0.5) is 0 Å². The number of H-pyrrole nitrogens is 1. The highest BCUT2D eigenvalue weighted by atomic mass is 35.5. The minimum Gasteiger partial charge on any atom is -0.617 e. The van der Waals surface area contributed by atoms with E-state index in [1.54, 1.807) is 0 Å². The Kier molecular flexibility index (Phi) is 5.41. The molecule has 2 aromatic heterocycles. The van der Waals surface area contributed by atoms with Crippen LogP contribution in [0.3, 0.4) is 0 Å². The van der Waals surface area contributed by atoms with Gasteiger partial charge >= 0.3 is 5.15 Å². The Morgan fingerprint density at radius 1 is 1.10 bits per heavy atom. The van der Waals surface area contributed by atoms with Crippen molar-refractivity contribution in [1.82, 2.24) is 9.97 Å². The first-order chi connectivity index (χ1) is 14.0. The van der Waals surface area contributed by atoms with Gasteiger partial charge in [0.05, 0.1) is 0 Å². The third-order valence-electron chi connectivity index (χ3n) is 4.74. The Morgan fingerprint density at radius 3 is 2.59 bits per heavy atom. The van der Waals surface area contributed by atoms with Crippen molar-refractivity contribution < 1.29 is 9.47 Å². The second kappa shape index (κ2) is 8.13. The van der Waals surface area contributed by atoms with Gasteiger partial charge in [-0.25, -0.2) is 0 Å². The number of rotatable bonds is 6. The van der Waals surface area contributed by atoms with Gasteiger partial charge in [-0.15, -0.1) is 0 Å². The van der Waals surface area contributed by atoms with Gasteiger partial charge in [0.1, 0.15) is 6.61 Å². The first-order valence-corrected chi connectivity index (χ1v) is 9.97. The molecular formula is C23H22ClN3O2. The Bertz CT molecular complexity index is 1140. The van der Waals surface area contributed by atoms with Crippen molar-refractivity contribution >= 4 is 22.5 Å². The number of hydrogen-bond acceptors (Lipinski definition) is 3. The van der Waals surface area contributed by atoms with E-state index >= 15 is 0 Å². The lowest BCUT2D eigenvalue weighted by Crippen LogP contribution is -2.36. The van der Waals surface area contributed by atoms with Crippen LogP contribution in [0.1, 0.15) is 25.1 Å². The van der Waals surface area contributed by atoms with E-state index in [4.69, 9.17) is 21.3 Å². The maximum absolute atomic E-state index is 13.0. The zero-order valence-corrected chi connectivity index (χ0v) is 17.1. The van der Waals surface area contributed by atoms with Gasteiger partial charge in [0, 0.05) is 29.1 Å². The summed E-state index contributed by atoms with van der Waals surface area (Å²) in [5.41, 5.74) is 3.59. The normalized spacial score (nSPS) is 11.3. The average Bonchev–Trinajstić information content (AvgIpc) is 3.15. The van der Waals surface area contributed by atoms with Crippen molar-refractivity contribution in [1.29, 1.82) is 0 Å². The van der Waals surface area contributed by atoms with Crippen LogP contribution < -0.4 is 9.47 Å². The fourth-order valence-corrected chi connectivity index (χ4v) is 3.60. The molecule has 1 N–H and O–H groups in total. The number of para-hydroxylation sites is 1.